The fourth-order valence-electron chi connectivity index (χ4n) is 8.22. The van der Waals surface area contributed by atoms with Gasteiger partial charge in [0.25, 0.3) is 0 Å². The number of hydrogen-bond acceptors (Lipinski definition) is 3. The molecule has 3 nitrogen and oxygen atoms in total. The van der Waals surface area contributed by atoms with E-state index in [0.717, 1.165) is 19.8 Å². The quantitative estimate of drug-likeness (QED) is 0.501. The van der Waals surface area contributed by atoms with E-state index in [1.807, 2.05) is 13.8 Å². The van der Waals surface area contributed by atoms with E-state index in [1.54, 1.807) is 6.92 Å². The van der Waals surface area contributed by atoms with E-state index >= 15 is 0 Å². The van der Waals surface area contributed by atoms with Crippen LogP contribution in [0.3, 0.4) is 0 Å². The van der Waals surface area contributed by atoms with Crippen LogP contribution in [0.2, 0.25) is 0 Å². The van der Waals surface area contributed by atoms with Crippen molar-refractivity contribution in [2.24, 2.45) is 46.3 Å². The first kappa shape index (κ1) is 21.6. The maximum atomic E-state index is 13.8. The number of halogens is 3. The van der Waals surface area contributed by atoms with E-state index in [2.05, 4.69) is 6.92 Å². The van der Waals surface area contributed by atoms with Crippen molar-refractivity contribution in [2.45, 2.75) is 116 Å². The molecule has 190 valence electrons. The van der Waals surface area contributed by atoms with Crippen molar-refractivity contribution in [1.29, 1.82) is 0 Å². The molecule has 4 aliphatic rings. The molecule has 4 rings (SSSR count). The minimum atomic E-state index is -4.69. The van der Waals surface area contributed by atoms with Crippen LogP contribution in [0.4, 0.5) is 13.2 Å². The second kappa shape index (κ2) is 7.94. The highest BCUT2D eigenvalue weighted by atomic mass is 19.4. The van der Waals surface area contributed by atoms with Gasteiger partial charge in [0.15, 0.2) is 5.60 Å². The van der Waals surface area contributed by atoms with Gasteiger partial charge in [-0.15, -0.1) is 0 Å². The summed E-state index contributed by atoms with van der Waals surface area (Å²) in [7, 11) is 0. The van der Waals surface area contributed by atoms with Gasteiger partial charge in [-0.3, -0.25) is 4.79 Å². The maximum absolute atomic E-state index is 13.8. The molecule has 4 saturated carbocycles. The smallest absolute Gasteiger partial charge is 0.390 e. The van der Waals surface area contributed by atoms with Crippen molar-refractivity contribution < 1.29 is 32.3 Å². The van der Waals surface area contributed by atoms with Crippen LogP contribution in [-0.4, -0.2) is 33.4 Å². The molecular weight excluding hydrogens is 429 g/mol. The molecule has 0 aromatic rings. The van der Waals surface area contributed by atoms with Crippen molar-refractivity contribution >= 4 is 5.78 Å². The molecule has 0 amide bonds. The number of rotatable bonds is 4. The van der Waals surface area contributed by atoms with E-state index in [1.165, 1.54) is 0 Å². The number of ketones is 1. The van der Waals surface area contributed by atoms with Crippen LogP contribution in [0, 0.1) is 46.3 Å². The topological polar surface area (TPSA) is 57.5 Å². The third kappa shape index (κ3) is 4.09. The highest BCUT2D eigenvalue weighted by Crippen LogP contribution is 2.68. The van der Waals surface area contributed by atoms with E-state index in [9.17, 15) is 29.5 Å². The molecule has 0 aromatic carbocycles. The van der Waals surface area contributed by atoms with Gasteiger partial charge in [-0.1, -0.05) is 20.8 Å². The number of aliphatic hydroxyl groups is 2. The Morgan fingerprint density at radius 3 is 2.39 bits per heavy atom. The standard InChI is InChI=1S/C27H43F3O3/c1-16(8-11-26(5,33)27(28,29)30)18-6-7-19-17-14-22(31)21-15-23(2,32)12-13-25(21,4)20(17)9-10-24(18,19)3/h16-21,32-33H,6-15H2,1-5H3/t16-,17+,18-,19+,20+,21?,23+,24-,25-,26+/m1/s1/i14D2,21D. The molecule has 0 aliphatic heterocycles. The highest BCUT2D eigenvalue weighted by Gasteiger charge is 2.63. The van der Waals surface area contributed by atoms with Gasteiger partial charge in [-0.25, -0.2) is 0 Å². The van der Waals surface area contributed by atoms with Gasteiger partial charge in [0.05, 0.1) is 5.60 Å². The number of carbonyl (C=O) groups is 1. The number of fused-ring (bicyclic) bond motifs is 5. The summed E-state index contributed by atoms with van der Waals surface area (Å²) in [5.74, 6) is -3.16. The molecule has 4 aliphatic carbocycles. The van der Waals surface area contributed by atoms with Crippen LogP contribution in [-0.2, 0) is 4.79 Å². The fourth-order valence-corrected chi connectivity index (χ4v) is 8.22. The zero-order valence-corrected chi connectivity index (χ0v) is 20.7. The Morgan fingerprint density at radius 1 is 1.12 bits per heavy atom. The van der Waals surface area contributed by atoms with Gasteiger partial charge in [-0.05, 0) is 112 Å². The van der Waals surface area contributed by atoms with Crippen LogP contribution in [0.15, 0.2) is 0 Å². The Balaban J connectivity index is 1.62. The lowest BCUT2D eigenvalue weighted by Crippen LogP contribution is -2.58. The van der Waals surface area contributed by atoms with Crippen molar-refractivity contribution in [3.63, 3.8) is 0 Å². The van der Waals surface area contributed by atoms with Gasteiger partial charge < -0.3 is 10.2 Å². The molecule has 6 heteroatoms. The van der Waals surface area contributed by atoms with Crippen LogP contribution in [0.1, 0.15) is 103 Å². The summed E-state index contributed by atoms with van der Waals surface area (Å²) in [6, 6.07) is 0. The van der Waals surface area contributed by atoms with Crippen LogP contribution in [0.5, 0.6) is 0 Å². The lowest BCUT2D eigenvalue weighted by Gasteiger charge is -2.61. The zero-order chi connectivity index (χ0) is 27.3. The SMILES string of the molecule is [2H]C1([2H])C(=O)C2([2H])C[C@@](C)(O)CC[C@]2(C)[C@H]2CC[C@]3(C)[C@@H]([C@H](C)CC[C@](C)(O)C(F)(F)F)CC[C@H]3[C@@H]21. The molecule has 0 aromatic heterocycles. The minimum absolute atomic E-state index is 0.0568. The Hall–Kier alpha value is -0.620. The molecule has 0 heterocycles. The summed E-state index contributed by atoms with van der Waals surface area (Å²) in [6.45, 7) is 8.48. The zero-order valence-electron chi connectivity index (χ0n) is 23.7. The first-order chi connectivity index (χ1) is 16.1. The second-order valence-electron chi connectivity index (χ2n) is 12.8. The Bertz CT molecular complexity index is 906. The number of Topliss-reactive ketones (excluding diaryl/α,β-unsaturated/α-hetero) is 1. The molecule has 0 bridgehead atoms. The molecule has 0 radical (unpaired) electrons. The second-order valence-corrected chi connectivity index (χ2v) is 12.8. The Kier molecular flexibility index (Phi) is 5.21. The Morgan fingerprint density at radius 2 is 1.76 bits per heavy atom. The molecular formula is C27H43F3O3. The van der Waals surface area contributed by atoms with Crippen LogP contribution < -0.4 is 0 Å². The molecule has 10 atom stereocenters. The summed E-state index contributed by atoms with van der Waals surface area (Å²) in [5.41, 5.74) is -4.94. The number of hydrogen-bond donors (Lipinski definition) is 2. The van der Waals surface area contributed by atoms with Crippen LogP contribution >= 0.6 is 0 Å². The van der Waals surface area contributed by atoms with E-state index in [-0.39, 0.29) is 48.3 Å². The maximum Gasteiger partial charge on any atom is 0.416 e. The Labute approximate surface area is 201 Å². The third-order valence-corrected chi connectivity index (χ3v) is 10.5. The normalized spacial score (nSPS) is 53.5. The summed E-state index contributed by atoms with van der Waals surface area (Å²) in [5, 5.41) is 20.7. The average molecular weight is 476 g/mol. The molecule has 0 saturated heterocycles. The molecule has 33 heavy (non-hydrogen) atoms. The first-order valence-corrected chi connectivity index (χ1v) is 12.7. The van der Waals surface area contributed by atoms with Crippen molar-refractivity contribution in [1.82, 2.24) is 0 Å². The molecule has 2 N–H and O–H groups in total. The van der Waals surface area contributed by atoms with Gasteiger partial charge in [0.1, 0.15) is 5.78 Å². The van der Waals surface area contributed by atoms with Crippen molar-refractivity contribution in [2.75, 3.05) is 0 Å². The van der Waals surface area contributed by atoms with Gasteiger partial charge in [-0.2, -0.15) is 13.2 Å². The number of alkyl halides is 3. The monoisotopic (exact) mass is 475 g/mol. The van der Waals surface area contributed by atoms with Crippen molar-refractivity contribution in [3.8, 4) is 0 Å². The summed E-state index contributed by atoms with van der Waals surface area (Å²) in [4.78, 5) is 13.8. The summed E-state index contributed by atoms with van der Waals surface area (Å²) < 4.78 is 66.9. The van der Waals surface area contributed by atoms with Gasteiger partial charge in [0.2, 0.25) is 0 Å². The summed E-state index contributed by atoms with van der Waals surface area (Å²) >= 11 is 0. The average Bonchev–Trinajstić information content (AvgIpc) is 3.08. The van der Waals surface area contributed by atoms with Gasteiger partial charge >= 0.3 is 6.18 Å². The predicted octanol–water partition coefficient (Wildman–Crippen LogP) is 6.30. The van der Waals surface area contributed by atoms with Gasteiger partial charge in [0, 0.05) is 16.4 Å². The highest BCUT2D eigenvalue weighted by molar-refractivity contribution is 5.83. The largest absolute Gasteiger partial charge is 0.416 e. The van der Waals surface area contributed by atoms with E-state index in [0.29, 0.717) is 25.7 Å². The van der Waals surface area contributed by atoms with E-state index < -0.39 is 46.8 Å². The number of carbonyl (C=O) groups excluding carboxylic acids is 1. The minimum Gasteiger partial charge on any atom is -0.390 e. The predicted molar refractivity (Wildman–Crippen MR) is 121 cm³/mol. The lowest BCUT2D eigenvalue weighted by molar-refractivity contribution is -0.256. The fraction of sp³-hybridized carbons (Fsp3) is 0.963. The van der Waals surface area contributed by atoms with E-state index in [4.69, 9.17) is 2.74 Å². The molecule has 0 spiro atoms. The lowest BCUT2D eigenvalue weighted by atomic mass is 9.43. The summed E-state index contributed by atoms with van der Waals surface area (Å²) in [6.07, 6.45) is -3.16. The third-order valence-electron chi connectivity index (χ3n) is 10.5. The molecule has 4 fully saturated rings. The van der Waals surface area contributed by atoms with Crippen molar-refractivity contribution in [3.05, 3.63) is 0 Å². The van der Waals surface area contributed by atoms with Crippen LogP contribution in [0.25, 0.3) is 0 Å². The first-order valence-electron chi connectivity index (χ1n) is 14.2. The molecule has 1 unspecified atom stereocenters.